The van der Waals surface area contributed by atoms with Crippen LogP contribution in [0.1, 0.15) is 13.8 Å². The van der Waals surface area contributed by atoms with Gasteiger partial charge < -0.3 is 4.52 Å². The molecule has 0 amide bonds. The Bertz CT molecular complexity index is 70.0. The summed E-state index contributed by atoms with van der Waals surface area (Å²) in [5.74, 6) is 0. The Morgan fingerprint density at radius 2 is 2.00 bits per heavy atom. The third kappa shape index (κ3) is 3.36. The SMILES string of the molecule is CCN(CC)C(Cl)OP. The van der Waals surface area contributed by atoms with Crippen LogP contribution in [0.5, 0.6) is 0 Å². The smallest absolute Gasteiger partial charge is 0.190 e. The van der Waals surface area contributed by atoms with Crippen molar-refractivity contribution in [3.05, 3.63) is 0 Å². The second-order valence-corrected chi connectivity index (χ2v) is 2.29. The standard InChI is InChI=1S/C5H13ClNOP/c1-3-7(4-2)5(6)8-9/h5H,3-4,9H2,1-2H3. The van der Waals surface area contributed by atoms with Gasteiger partial charge >= 0.3 is 0 Å². The largest absolute Gasteiger partial charge is 0.333 e. The van der Waals surface area contributed by atoms with Gasteiger partial charge in [0.2, 0.25) is 0 Å². The van der Waals surface area contributed by atoms with Crippen molar-refractivity contribution in [3.63, 3.8) is 0 Å². The molecule has 9 heavy (non-hydrogen) atoms. The molecular weight excluding hydrogens is 156 g/mol. The van der Waals surface area contributed by atoms with Crippen molar-refractivity contribution in [3.8, 4) is 0 Å². The summed E-state index contributed by atoms with van der Waals surface area (Å²) in [7, 11) is 2.15. The van der Waals surface area contributed by atoms with E-state index >= 15 is 0 Å². The lowest BCUT2D eigenvalue weighted by molar-refractivity contribution is 0.118. The van der Waals surface area contributed by atoms with Crippen molar-refractivity contribution in [2.24, 2.45) is 0 Å². The van der Waals surface area contributed by atoms with E-state index in [1.54, 1.807) is 0 Å². The van der Waals surface area contributed by atoms with Gasteiger partial charge in [0.05, 0.1) is 0 Å². The Balaban J connectivity index is 3.50. The zero-order valence-electron chi connectivity index (χ0n) is 5.80. The first-order valence-corrected chi connectivity index (χ1v) is 3.90. The Morgan fingerprint density at radius 1 is 1.56 bits per heavy atom. The maximum absolute atomic E-state index is 5.71. The molecule has 0 rings (SSSR count). The van der Waals surface area contributed by atoms with E-state index in [0.29, 0.717) is 0 Å². The molecule has 0 bridgehead atoms. The van der Waals surface area contributed by atoms with Gasteiger partial charge in [-0.1, -0.05) is 25.4 Å². The quantitative estimate of drug-likeness (QED) is 0.275. The first-order valence-electron chi connectivity index (χ1n) is 2.99. The predicted molar refractivity (Wildman–Crippen MR) is 43.4 cm³/mol. The second-order valence-electron chi connectivity index (χ2n) is 1.65. The van der Waals surface area contributed by atoms with Crippen molar-refractivity contribution in [2.45, 2.75) is 19.5 Å². The lowest BCUT2D eigenvalue weighted by Crippen LogP contribution is -2.30. The zero-order valence-corrected chi connectivity index (χ0v) is 7.71. The third-order valence-electron chi connectivity index (χ3n) is 1.21. The highest BCUT2D eigenvalue weighted by molar-refractivity contribution is 7.10. The van der Waals surface area contributed by atoms with Crippen LogP contribution in [0.25, 0.3) is 0 Å². The molecule has 0 saturated carbocycles. The van der Waals surface area contributed by atoms with E-state index in [1.807, 2.05) is 18.7 Å². The number of rotatable bonds is 4. The van der Waals surface area contributed by atoms with Crippen molar-refractivity contribution < 1.29 is 4.52 Å². The predicted octanol–water partition coefficient (Wildman–Crippen LogP) is 1.66. The van der Waals surface area contributed by atoms with E-state index in [0.717, 1.165) is 13.1 Å². The van der Waals surface area contributed by atoms with Crippen molar-refractivity contribution in [1.29, 1.82) is 0 Å². The molecule has 2 nitrogen and oxygen atoms in total. The lowest BCUT2D eigenvalue weighted by atomic mass is 10.6. The maximum Gasteiger partial charge on any atom is 0.190 e. The van der Waals surface area contributed by atoms with Crippen LogP contribution < -0.4 is 0 Å². The fraction of sp³-hybridized carbons (Fsp3) is 1.00. The molecule has 0 aliphatic rings. The second kappa shape index (κ2) is 5.43. The fourth-order valence-corrected chi connectivity index (χ4v) is 1.04. The lowest BCUT2D eigenvalue weighted by Gasteiger charge is -2.21. The molecule has 0 N–H and O–H groups in total. The summed E-state index contributed by atoms with van der Waals surface area (Å²) in [5, 5.41) is 0. The monoisotopic (exact) mass is 169 g/mol. The molecule has 56 valence electrons. The minimum Gasteiger partial charge on any atom is -0.333 e. The summed E-state index contributed by atoms with van der Waals surface area (Å²) >= 11 is 5.71. The van der Waals surface area contributed by atoms with E-state index < -0.39 is 0 Å². The number of hydrogen-bond acceptors (Lipinski definition) is 2. The van der Waals surface area contributed by atoms with Gasteiger partial charge in [0, 0.05) is 9.47 Å². The van der Waals surface area contributed by atoms with Crippen LogP contribution in [0.2, 0.25) is 0 Å². The minimum absolute atomic E-state index is 0.301. The Morgan fingerprint density at radius 3 is 2.11 bits per heavy atom. The normalized spacial score (nSPS) is 14.3. The van der Waals surface area contributed by atoms with E-state index in [4.69, 9.17) is 16.1 Å². The summed E-state index contributed by atoms with van der Waals surface area (Å²) < 4.78 is 4.80. The van der Waals surface area contributed by atoms with Crippen LogP contribution in [0, 0.1) is 0 Å². The van der Waals surface area contributed by atoms with Crippen LogP contribution in [-0.2, 0) is 4.52 Å². The summed E-state index contributed by atoms with van der Waals surface area (Å²) in [5.41, 5.74) is -0.301. The molecular formula is C5H13ClNOP. The summed E-state index contributed by atoms with van der Waals surface area (Å²) in [4.78, 5) is 1.99. The average molecular weight is 170 g/mol. The molecule has 0 spiro atoms. The summed E-state index contributed by atoms with van der Waals surface area (Å²) in [6.45, 7) is 5.92. The highest BCUT2D eigenvalue weighted by Gasteiger charge is 2.08. The van der Waals surface area contributed by atoms with Crippen molar-refractivity contribution >= 4 is 21.1 Å². The highest BCUT2D eigenvalue weighted by Crippen LogP contribution is 2.08. The molecule has 0 saturated heterocycles. The zero-order chi connectivity index (χ0) is 7.28. The van der Waals surface area contributed by atoms with Crippen molar-refractivity contribution in [1.82, 2.24) is 4.90 Å². The molecule has 2 unspecified atom stereocenters. The number of nitrogens with zero attached hydrogens (tertiary/aromatic N) is 1. The Hall–Kier alpha value is 0.640. The van der Waals surface area contributed by atoms with E-state index in [2.05, 4.69) is 9.47 Å². The molecule has 0 aliphatic carbocycles. The molecule has 2 atom stereocenters. The first kappa shape index (κ1) is 9.64. The molecule has 0 aromatic rings. The number of hydrogen-bond donors (Lipinski definition) is 0. The molecule has 0 radical (unpaired) electrons. The molecule has 0 aliphatic heterocycles. The average Bonchev–Trinajstić information content (AvgIpc) is 1.90. The van der Waals surface area contributed by atoms with E-state index in [1.165, 1.54) is 0 Å². The molecule has 0 heterocycles. The van der Waals surface area contributed by atoms with Crippen molar-refractivity contribution in [2.75, 3.05) is 13.1 Å². The molecule has 4 heteroatoms. The van der Waals surface area contributed by atoms with E-state index in [-0.39, 0.29) is 5.69 Å². The van der Waals surface area contributed by atoms with Crippen LogP contribution >= 0.6 is 21.1 Å². The van der Waals surface area contributed by atoms with Crippen LogP contribution in [0.4, 0.5) is 0 Å². The van der Waals surface area contributed by atoms with Gasteiger partial charge in [-0.25, -0.2) is 0 Å². The maximum atomic E-state index is 5.71. The number of halogens is 1. The van der Waals surface area contributed by atoms with Crippen LogP contribution in [0.15, 0.2) is 0 Å². The summed E-state index contributed by atoms with van der Waals surface area (Å²) in [6.07, 6.45) is 0. The Labute approximate surface area is 63.8 Å². The third-order valence-corrected chi connectivity index (χ3v) is 2.02. The van der Waals surface area contributed by atoms with Crippen LogP contribution in [0.3, 0.4) is 0 Å². The number of alkyl halides is 1. The van der Waals surface area contributed by atoms with Gasteiger partial charge in [-0.3, -0.25) is 4.90 Å². The van der Waals surface area contributed by atoms with Gasteiger partial charge in [-0.05, 0) is 13.1 Å². The Kier molecular flexibility index (Phi) is 5.81. The fourth-order valence-electron chi connectivity index (χ4n) is 0.597. The highest BCUT2D eigenvalue weighted by atomic mass is 35.5. The molecule has 0 fully saturated rings. The molecule has 0 aromatic heterocycles. The van der Waals surface area contributed by atoms with Crippen LogP contribution in [-0.4, -0.2) is 23.7 Å². The van der Waals surface area contributed by atoms with E-state index in [9.17, 15) is 0 Å². The van der Waals surface area contributed by atoms with Gasteiger partial charge in [0.25, 0.3) is 0 Å². The van der Waals surface area contributed by atoms with Gasteiger partial charge in [0.1, 0.15) is 0 Å². The molecule has 0 aromatic carbocycles. The topological polar surface area (TPSA) is 12.5 Å². The van der Waals surface area contributed by atoms with Gasteiger partial charge in [-0.15, -0.1) is 0 Å². The minimum atomic E-state index is -0.301. The summed E-state index contributed by atoms with van der Waals surface area (Å²) in [6, 6.07) is 0. The first-order chi connectivity index (χ1) is 4.26. The van der Waals surface area contributed by atoms with Gasteiger partial charge in [-0.2, -0.15) is 0 Å². The van der Waals surface area contributed by atoms with Gasteiger partial charge in [0.15, 0.2) is 5.69 Å².